The van der Waals surface area contributed by atoms with E-state index in [4.69, 9.17) is 0 Å². The molecule has 0 aliphatic carbocycles. The van der Waals surface area contributed by atoms with Gasteiger partial charge in [-0.2, -0.15) is 0 Å². The lowest BCUT2D eigenvalue weighted by molar-refractivity contribution is 0.598. The highest BCUT2D eigenvalue weighted by Crippen LogP contribution is 2.01. The number of guanidine groups is 1. The fourth-order valence-corrected chi connectivity index (χ4v) is 2.57. The van der Waals surface area contributed by atoms with Crippen LogP contribution in [0.3, 0.4) is 0 Å². The monoisotopic (exact) mass is 439 g/mol. The number of halogens is 1. The Balaban J connectivity index is 0.00000441. The first-order chi connectivity index (χ1) is 10.0. The van der Waals surface area contributed by atoms with Gasteiger partial charge in [-0.15, -0.1) is 24.0 Å². The van der Waals surface area contributed by atoms with Gasteiger partial charge in [-0.1, -0.05) is 30.3 Å². The number of aryl methyl sites for hydroxylation is 1. The average Bonchev–Trinajstić information content (AvgIpc) is 2.45. The van der Waals surface area contributed by atoms with E-state index in [2.05, 4.69) is 27.8 Å². The summed E-state index contributed by atoms with van der Waals surface area (Å²) in [5.41, 5.74) is 1.33. The molecule has 0 spiro atoms. The summed E-state index contributed by atoms with van der Waals surface area (Å²) < 4.78 is 22.0. The Labute approximate surface area is 150 Å². The molecule has 1 rings (SSSR count). The van der Waals surface area contributed by atoms with E-state index >= 15 is 0 Å². The molecular weight excluding hydrogens is 413 g/mol. The Morgan fingerprint density at radius 2 is 1.68 bits per heavy atom. The first kappa shape index (κ1) is 21.2. The quantitative estimate of drug-likeness (QED) is 0.281. The van der Waals surface area contributed by atoms with E-state index < -0.39 is 9.84 Å². The van der Waals surface area contributed by atoms with Crippen LogP contribution in [0.25, 0.3) is 0 Å². The first-order valence-corrected chi connectivity index (χ1v) is 9.23. The minimum atomic E-state index is -2.88. The van der Waals surface area contributed by atoms with Crippen molar-refractivity contribution in [3.05, 3.63) is 35.9 Å². The third-order valence-corrected chi connectivity index (χ3v) is 4.02. The molecule has 0 amide bonds. The van der Waals surface area contributed by atoms with E-state index in [-0.39, 0.29) is 29.7 Å². The molecule has 0 fully saturated rings. The number of sulfone groups is 1. The van der Waals surface area contributed by atoms with Crippen molar-refractivity contribution in [2.24, 2.45) is 4.99 Å². The van der Waals surface area contributed by atoms with E-state index in [1.807, 2.05) is 18.2 Å². The minimum Gasteiger partial charge on any atom is -0.356 e. The van der Waals surface area contributed by atoms with Crippen LogP contribution < -0.4 is 10.6 Å². The fraction of sp³-hybridized carbons (Fsp3) is 0.533. The Morgan fingerprint density at radius 1 is 1.09 bits per heavy atom. The molecule has 126 valence electrons. The van der Waals surface area contributed by atoms with Crippen molar-refractivity contribution >= 4 is 39.8 Å². The van der Waals surface area contributed by atoms with Gasteiger partial charge >= 0.3 is 0 Å². The predicted octanol–water partition coefficient (Wildman–Crippen LogP) is 1.84. The summed E-state index contributed by atoms with van der Waals surface area (Å²) in [6, 6.07) is 10.4. The lowest BCUT2D eigenvalue weighted by Gasteiger charge is -2.11. The number of benzene rings is 1. The molecule has 0 bridgehead atoms. The third kappa shape index (κ3) is 10.8. The molecule has 22 heavy (non-hydrogen) atoms. The lowest BCUT2D eigenvalue weighted by Crippen LogP contribution is -2.38. The second kappa shape index (κ2) is 11.7. The molecule has 0 atom stereocenters. The van der Waals surface area contributed by atoms with Crippen LogP contribution in [-0.2, 0) is 16.3 Å². The van der Waals surface area contributed by atoms with Crippen molar-refractivity contribution < 1.29 is 8.42 Å². The third-order valence-electron chi connectivity index (χ3n) is 2.99. The molecule has 1 aromatic rings. The maximum atomic E-state index is 11.0. The van der Waals surface area contributed by atoms with Crippen LogP contribution in [0.2, 0.25) is 0 Å². The molecule has 0 aliphatic rings. The van der Waals surface area contributed by atoms with Gasteiger partial charge in [0.1, 0.15) is 9.84 Å². The summed E-state index contributed by atoms with van der Waals surface area (Å²) in [5, 5.41) is 6.34. The van der Waals surface area contributed by atoms with Crippen molar-refractivity contribution in [2.45, 2.75) is 19.3 Å². The number of nitrogens with zero attached hydrogens (tertiary/aromatic N) is 1. The minimum absolute atomic E-state index is 0. The second-order valence-electron chi connectivity index (χ2n) is 5.00. The van der Waals surface area contributed by atoms with E-state index in [0.717, 1.165) is 25.3 Å². The van der Waals surface area contributed by atoms with E-state index in [9.17, 15) is 8.42 Å². The summed E-state index contributed by atoms with van der Waals surface area (Å²) in [4.78, 5) is 4.11. The maximum Gasteiger partial charge on any atom is 0.190 e. The van der Waals surface area contributed by atoms with Crippen molar-refractivity contribution in [3.8, 4) is 0 Å². The standard InChI is InChI=1S/C15H25N3O2S.HI/c1-16-15(18-12-7-13-21(2,19)20)17-11-6-10-14-8-4-3-5-9-14;/h3-5,8-9H,6-7,10-13H2,1-2H3,(H2,16,17,18);1H. The Hall–Kier alpha value is -0.830. The van der Waals surface area contributed by atoms with Gasteiger partial charge in [0.2, 0.25) is 0 Å². The summed E-state index contributed by atoms with van der Waals surface area (Å²) in [7, 11) is -1.17. The van der Waals surface area contributed by atoms with Gasteiger partial charge in [-0.3, -0.25) is 4.99 Å². The molecule has 7 heteroatoms. The van der Waals surface area contributed by atoms with Gasteiger partial charge in [-0.25, -0.2) is 8.42 Å². The van der Waals surface area contributed by atoms with Gasteiger partial charge in [0, 0.05) is 26.4 Å². The largest absolute Gasteiger partial charge is 0.356 e. The van der Waals surface area contributed by atoms with Crippen molar-refractivity contribution in [1.82, 2.24) is 10.6 Å². The van der Waals surface area contributed by atoms with E-state index in [1.54, 1.807) is 7.05 Å². The van der Waals surface area contributed by atoms with Crippen molar-refractivity contribution in [3.63, 3.8) is 0 Å². The zero-order valence-electron chi connectivity index (χ0n) is 13.2. The molecule has 2 N–H and O–H groups in total. The van der Waals surface area contributed by atoms with Gasteiger partial charge in [0.25, 0.3) is 0 Å². The molecule has 0 radical (unpaired) electrons. The van der Waals surface area contributed by atoms with E-state index in [1.165, 1.54) is 11.8 Å². The predicted molar refractivity (Wildman–Crippen MR) is 104 cm³/mol. The molecule has 0 heterocycles. The van der Waals surface area contributed by atoms with Gasteiger partial charge < -0.3 is 10.6 Å². The van der Waals surface area contributed by atoms with Crippen molar-refractivity contribution in [2.75, 3.05) is 32.1 Å². The molecule has 0 aliphatic heterocycles. The summed E-state index contributed by atoms with van der Waals surface area (Å²) >= 11 is 0. The zero-order valence-corrected chi connectivity index (χ0v) is 16.4. The van der Waals surface area contributed by atoms with Crippen LogP contribution in [0.4, 0.5) is 0 Å². The van der Waals surface area contributed by atoms with Gasteiger partial charge in [0.05, 0.1) is 5.75 Å². The highest BCUT2D eigenvalue weighted by atomic mass is 127. The maximum absolute atomic E-state index is 11.0. The summed E-state index contributed by atoms with van der Waals surface area (Å²) in [5.74, 6) is 0.918. The number of hydrogen-bond acceptors (Lipinski definition) is 3. The van der Waals surface area contributed by atoms with Crippen LogP contribution >= 0.6 is 24.0 Å². The number of hydrogen-bond donors (Lipinski definition) is 2. The summed E-state index contributed by atoms with van der Waals surface area (Å²) in [6.45, 7) is 1.44. The first-order valence-electron chi connectivity index (χ1n) is 7.17. The fourth-order valence-electron chi connectivity index (χ4n) is 1.91. The highest BCUT2D eigenvalue weighted by Gasteiger charge is 2.02. The molecule has 0 saturated carbocycles. The molecule has 5 nitrogen and oxygen atoms in total. The topological polar surface area (TPSA) is 70.6 Å². The highest BCUT2D eigenvalue weighted by molar-refractivity contribution is 14.0. The van der Waals surface area contributed by atoms with Crippen LogP contribution in [0.5, 0.6) is 0 Å². The van der Waals surface area contributed by atoms with E-state index in [0.29, 0.717) is 13.0 Å². The molecule has 0 saturated heterocycles. The van der Waals surface area contributed by atoms with Crippen LogP contribution in [0.1, 0.15) is 18.4 Å². The number of rotatable bonds is 8. The number of aliphatic imine (C=N–C) groups is 1. The lowest BCUT2D eigenvalue weighted by atomic mass is 10.1. The van der Waals surface area contributed by atoms with Gasteiger partial charge in [-0.05, 0) is 24.8 Å². The zero-order chi connectivity index (χ0) is 15.6. The number of nitrogens with one attached hydrogen (secondary N) is 2. The smallest absolute Gasteiger partial charge is 0.190 e. The van der Waals surface area contributed by atoms with Crippen molar-refractivity contribution in [1.29, 1.82) is 0 Å². The Morgan fingerprint density at radius 3 is 2.23 bits per heavy atom. The SMILES string of the molecule is CN=C(NCCCc1ccccc1)NCCCS(C)(=O)=O.I. The van der Waals surface area contributed by atoms with Gasteiger partial charge in [0.15, 0.2) is 5.96 Å². The molecule has 1 aromatic carbocycles. The van der Waals surface area contributed by atoms with Crippen LogP contribution in [0.15, 0.2) is 35.3 Å². The summed E-state index contributed by atoms with van der Waals surface area (Å²) in [6.07, 6.45) is 3.89. The second-order valence-corrected chi connectivity index (χ2v) is 7.26. The Kier molecular flexibility index (Phi) is 11.3. The molecular formula is C15H26IN3O2S. The Bertz CT molecular complexity index is 533. The molecule has 0 aromatic heterocycles. The normalized spacial score (nSPS) is 11.6. The van der Waals surface area contributed by atoms with Crippen LogP contribution in [-0.4, -0.2) is 46.5 Å². The average molecular weight is 439 g/mol. The molecule has 0 unspecified atom stereocenters. The van der Waals surface area contributed by atoms with Crippen LogP contribution in [0, 0.1) is 0 Å².